The Hall–Kier alpha value is -3.35. The maximum atomic E-state index is 12.6. The fraction of sp³-hybridized carbons (Fsp3) is 0.348. The summed E-state index contributed by atoms with van der Waals surface area (Å²) < 4.78 is 4.65. The van der Waals surface area contributed by atoms with Crippen molar-refractivity contribution < 1.29 is 19.1 Å². The number of nitrogens with one attached hydrogen (secondary N) is 2. The highest BCUT2D eigenvalue weighted by molar-refractivity contribution is 5.96. The Bertz CT molecular complexity index is 870. The minimum absolute atomic E-state index is 0.0663. The van der Waals surface area contributed by atoms with Gasteiger partial charge in [-0.3, -0.25) is 9.59 Å². The number of carbonyl (C=O) groups excluding carboxylic acids is 3. The summed E-state index contributed by atoms with van der Waals surface area (Å²) in [4.78, 5) is 38.1. The number of nitrogens with zero attached hydrogens (tertiary/aromatic N) is 1. The summed E-state index contributed by atoms with van der Waals surface area (Å²) in [5.74, 6) is -0.575. The van der Waals surface area contributed by atoms with E-state index >= 15 is 0 Å². The van der Waals surface area contributed by atoms with Crippen LogP contribution in [0.5, 0.6) is 0 Å². The van der Waals surface area contributed by atoms with Crippen LogP contribution in [0.3, 0.4) is 0 Å². The summed E-state index contributed by atoms with van der Waals surface area (Å²) >= 11 is 0. The topological polar surface area (TPSA) is 87.7 Å². The molecule has 0 aliphatic carbocycles. The van der Waals surface area contributed by atoms with Crippen molar-refractivity contribution in [3.63, 3.8) is 0 Å². The van der Waals surface area contributed by atoms with Crippen LogP contribution < -0.4 is 10.6 Å². The van der Waals surface area contributed by atoms with Crippen LogP contribution in [0, 0.1) is 0 Å². The van der Waals surface area contributed by atoms with Crippen molar-refractivity contribution in [2.24, 2.45) is 0 Å². The number of carbonyl (C=O) groups is 3. The van der Waals surface area contributed by atoms with Gasteiger partial charge in [0.15, 0.2) is 0 Å². The molecule has 1 aliphatic rings. The van der Waals surface area contributed by atoms with Gasteiger partial charge in [0.05, 0.1) is 19.2 Å². The molecule has 1 saturated heterocycles. The number of hydrogen-bond acceptors (Lipinski definition) is 5. The molecule has 0 spiro atoms. The monoisotopic (exact) mass is 409 g/mol. The summed E-state index contributed by atoms with van der Waals surface area (Å²) in [6.45, 7) is 1.72. The number of ether oxygens (including phenoxy) is 1. The number of benzene rings is 2. The minimum Gasteiger partial charge on any atom is -0.465 e. The lowest BCUT2D eigenvalue weighted by Crippen LogP contribution is -2.31. The van der Waals surface area contributed by atoms with Gasteiger partial charge in [-0.05, 0) is 61.4 Å². The first-order valence-corrected chi connectivity index (χ1v) is 10.2. The fourth-order valence-corrected chi connectivity index (χ4v) is 3.38. The molecule has 0 atom stereocenters. The second kappa shape index (κ2) is 10.4. The van der Waals surface area contributed by atoms with Gasteiger partial charge < -0.3 is 20.3 Å². The summed E-state index contributed by atoms with van der Waals surface area (Å²) in [7, 11) is 1.32. The van der Waals surface area contributed by atoms with Crippen LogP contribution in [0.2, 0.25) is 0 Å². The van der Waals surface area contributed by atoms with Gasteiger partial charge in [-0.15, -0.1) is 0 Å². The second-order valence-corrected chi connectivity index (χ2v) is 7.25. The fourth-order valence-electron chi connectivity index (χ4n) is 3.38. The second-order valence-electron chi connectivity index (χ2n) is 7.25. The number of methoxy groups -OCH3 is 1. The van der Waals surface area contributed by atoms with Gasteiger partial charge >= 0.3 is 5.97 Å². The molecule has 1 fully saturated rings. The normalized spacial score (nSPS) is 13.8. The highest BCUT2D eigenvalue weighted by atomic mass is 16.5. The Morgan fingerprint density at radius 1 is 0.833 bits per heavy atom. The molecule has 158 valence electrons. The van der Waals surface area contributed by atoms with Crippen LogP contribution in [0.1, 0.15) is 46.4 Å². The van der Waals surface area contributed by atoms with Crippen LogP contribution >= 0.6 is 0 Å². The molecule has 1 aliphatic heterocycles. The average Bonchev–Trinajstić information content (AvgIpc) is 3.07. The van der Waals surface area contributed by atoms with Gasteiger partial charge in [0, 0.05) is 30.0 Å². The number of hydrogen-bond donors (Lipinski definition) is 2. The first-order valence-electron chi connectivity index (χ1n) is 10.2. The molecule has 0 radical (unpaired) electrons. The Kier molecular flexibility index (Phi) is 7.43. The highest BCUT2D eigenvalue weighted by Gasteiger charge is 2.17. The summed E-state index contributed by atoms with van der Waals surface area (Å²) in [6.07, 6.45) is 4.49. The van der Waals surface area contributed by atoms with E-state index in [1.54, 1.807) is 36.4 Å². The smallest absolute Gasteiger partial charge is 0.337 e. The van der Waals surface area contributed by atoms with Crippen LogP contribution in [0.25, 0.3) is 0 Å². The molecule has 0 saturated carbocycles. The number of rotatable bonds is 6. The molecule has 0 aromatic heterocycles. The number of amides is 2. The van der Waals surface area contributed by atoms with Crippen LogP contribution in [0.15, 0.2) is 48.5 Å². The van der Waals surface area contributed by atoms with Crippen molar-refractivity contribution in [2.45, 2.75) is 25.7 Å². The van der Waals surface area contributed by atoms with E-state index in [9.17, 15) is 14.4 Å². The Morgan fingerprint density at radius 3 is 2.00 bits per heavy atom. The number of likely N-dealkylation sites (tertiary alicyclic amines) is 1. The zero-order valence-electron chi connectivity index (χ0n) is 17.1. The molecular weight excluding hydrogens is 382 g/mol. The Labute approximate surface area is 176 Å². The molecule has 3 rings (SSSR count). The third-order valence-electron chi connectivity index (χ3n) is 5.07. The molecule has 2 amide bonds. The molecule has 1 heterocycles. The van der Waals surface area contributed by atoms with Gasteiger partial charge in [-0.1, -0.05) is 12.8 Å². The Morgan fingerprint density at radius 2 is 1.40 bits per heavy atom. The molecule has 2 aromatic carbocycles. The zero-order chi connectivity index (χ0) is 21.3. The molecule has 2 N–H and O–H groups in total. The average molecular weight is 409 g/mol. The third kappa shape index (κ3) is 5.83. The largest absolute Gasteiger partial charge is 0.465 e. The third-order valence-corrected chi connectivity index (χ3v) is 5.07. The zero-order valence-corrected chi connectivity index (χ0v) is 17.1. The van der Waals surface area contributed by atoms with Gasteiger partial charge in [0.25, 0.3) is 5.91 Å². The summed E-state index contributed by atoms with van der Waals surface area (Å²) in [6, 6.07) is 13.7. The van der Waals surface area contributed by atoms with Crippen molar-refractivity contribution in [3.05, 3.63) is 59.7 Å². The maximum absolute atomic E-state index is 12.6. The molecule has 7 nitrogen and oxygen atoms in total. The van der Waals surface area contributed by atoms with E-state index in [1.807, 2.05) is 17.0 Å². The lowest BCUT2D eigenvalue weighted by atomic mass is 10.1. The van der Waals surface area contributed by atoms with Gasteiger partial charge in [0.2, 0.25) is 5.91 Å². The minimum atomic E-state index is -0.424. The predicted octanol–water partition coefficient (Wildman–Crippen LogP) is 3.54. The van der Waals surface area contributed by atoms with Crippen molar-refractivity contribution in [1.82, 2.24) is 4.90 Å². The van der Waals surface area contributed by atoms with E-state index in [1.165, 1.54) is 20.0 Å². The van der Waals surface area contributed by atoms with Crippen molar-refractivity contribution in [1.29, 1.82) is 0 Å². The van der Waals surface area contributed by atoms with E-state index in [0.717, 1.165) is 31.6 Å². The standard InChI is InChI=1S/C23H27N3O4/c1-30-23(29)18-8-12-20(13-9-18)25-21(27)16-24-19-10-6-17(7-11-19)22(28)26-14-4-2-3-5-15-26/h6-13,24H,2-5,14-16H2,1H3,(H,25,27). The number of esters is 1. The van der Waals surface area contributed by atoms with Crippen LogP contribution in [-0.4, -0.2) is 49.4 Å². The van der Waals surface area contributed by atoms with E-state index in [4.69, 9.17) is 0 Å². The van der Waals surface area contributed by atoms with E-state index < -0.39 is 5.97 Å². The molecule has 0 unspecified atom stereocenters. The SMILES string of the molecule is COC(=O)c1ccc(NC(=O)CNc2ccc(C(=O)N3CCCCCC3)cc2)cc1. The Balaban J connectivity index is 1.49. The first-order chi connectivity index (χ1) is 14.6. The van der Waals surface area contributed by atoms with Gasteiger partial charge in [-0.25, -0.2) is 4.79 Å². The molecule has 30 heavy (non-hydrogen) atoms. The van der Waals surface area contributed by atoms with Crippen molar-refractivity contribution in [2.75, 3.05) is 37.4 Å². The number of anilines is 2. The van der Waals surface area contributed by atoms with Gasteiger partial charge in [-0.2, -0.15) is 0 Å². The van der Waals surface area contributed by atoms with Crippen LogP contribution in [0.4, 0.5) is 11.4 Å². The highest BCUT2D eigenvalue weighted by Crippen LogP contribution is 2.16. The van der Waals surface area contributed by atoms with Crippen molar-refractivity contribution >= 4 is 29.2 Å². The summed E-state index contributed by atoms with van der Waals surface area (Å²) in [5.41, 5.74) is 2.44. The van der Waals surface area contributed by atoms with E-state index in [2.05, 4.69) is 15.4 Å². The summed E-state index contributed by atoms with van der Waals surface area (Å²) in [5, 5.41) is 5.81. The predicted molar refractivity (Wildman–Crippen MR) is 116 cm³/mol. The van der Waals surface area contributed by atoms with Crippen LogP contribution in [-0.2, 0) is 9.53 Å². The molecule has 2 aromatic rings. The molecular formula is C23H27N3O4. The van der Waals surface area contributed by atoms with E-state index in [0.29, 0.717) is 16.8 Å². The lowest BCUT2D eigenvalue weighted by molar-refractivity contribution is -0.114. The quantitative estimate of drug-likeness (QED) is 0.713. The lowest BCUT2D eigenvalue weighted by Gasteiger charge is -2.20. The first kappa shape index (κ1) is 21.4. The van der Waals surface area contributed by atoms with Gasteiger partial charge in [0.1, 0.15) is 0 Å². The van der Waals surface area contributed by atoms with Crippen molar-refractivity contribution in [3.8, 4) is 0 Å². The molecule has 7 heteroatoms. The molecule has 0 bridgehead atoms. The van der Waals surface area contributed by atoms with E-state index in [-0.39, 0.29) is 18.4 Å². The maximum Gasteiger partial charge on any atom is 0.337 e.